The molecule has 3 heteroatoms. The number of fused-ring (bicyclic) bond motifs is 5. The molecular weight excluding hydrogens is 276 g/mol. The van der Waals surface area contributed by atoms with Crippen LogP contribution in [0.2, 0.25) is 0 Å². The average molecular weight is 306 g/mol. The van der Waals surface area contributed by atoms with E-state index >= 15 is 0 Å². The van der Waals surface area contributed by atoms with Crippen molar-refractivity contribution in [2.24, 2.45) is 34.5 Å². The summed E-state index contributed by atoms with van der Waals surface area (Å²) in [6.07, 6.45) is 7.01. The fraction of sp³-hybridized carbons (Fsp3) is 0.947. The van der Waals surface area contributed by atoms with E-state index in [4.69, 9.17) is 0 Å². The molecule has 3 nitrogen and oxygen atoms in total. The molecule has 0 unspecified atom stereocenters. The first-order chi connectivity index (χ1) is 10.4. The number of carbonyl (C=O) groups excluding carboxylic acids is 1. The summed E-state index contributed by atoms with van der Waals surface area (Å²) in [6.45, 7) is 4.50. The van der Waals surface area contributed by atoms with Crippen LogP contribution in [0.15, 0.2) is 0 Å². The van der Waals surface area contributed by atoms with Gasteiger partial charge in [0.1, 0.15) is 5.78 Å². The molecule has 4 aliphatic rings. The smallest absolute Gasteiger partial charge is 0.136 e. The van der Waals surface area contributed by atoms with Crippen LogP contribution in [-0.2, 0) is 4.79 Å². The molecule has 8 atom stereocenters. The van der Waals surface area contributed by atoms with Crippen molar-refractivity contribution in [1.29, 1.82) is 0 Å². The minimum atomic E-state index is -0.316. The van der Waals surface area contributed by atoms with Crippen molar-refractivity contribution < 1.29 is 15.0 Å². The lowest BCUT2D eigenvalue weighted by Crippen LogP contribution is -2.59. The fourth-order valence-corrected chi connectivity index (χ4v) is 7.13. The van der Waals surface area contributed by atoms with Crippen LogP contribution in [0.4, 0.5) is 0 Å². The van der Waals surface area contributed by atoms with E-state index in [1.54, 1.807) is 0 Å². The molecule has 4 aliphatic carbocycles. The van der Waals surface area contributed by atoms with Crippen LogP contribution >= 0.6 is 0 Å². The van der Waals surface area contributed by atoms with Crippen LogP contribution in [0, 0.1) is 34.5 Å². The Kier molecular flexibility index (Phi) is 3.30. The molecule has 0 heterocycles. The minimum Gasteiger partial charge on any atom is -0.393 e. The Hall–Kier alpha value is -0.410. The van der Waals surface area contributed by atoms with E-state index < -0.39 is 0 Å². The van der Waals surface area contributed by atoms with E-state index in [1.165, 1.54) is 0 Å². The Labute approximate surface area is 133 Å². The number of aliphatic hydroxyl groups excluding tert-OH is 2. The maximum absolute atomic E-state index is 12.4. The zero-order chi connectivity index (χ0) is 15.7. The number of hydrogen-bond donors (Lipinski definition) is 2. The largest absolute Gasteiger partial charge is 0.393 e. The first kappa shape index (κ1) is 15.1. The summed E-state index contributed by atoms with van der Waals surface area (Å²) >= 11 is 0. The van der Waals surface area contributed by atoms with Crippen LogP contribution in [0.1, 0.15) is 65.2 Å². The Balaban J connectivity index is 1.72. The van der Waals surface area contributed by atoms with Gasteiger partial charge in [0.2, 0.25) is 0 Å². The maximum atomic E-state index is 12.4. The van der Waals surface area contributed by atoms with Gasteiger partial charge in [0.15, 0.2) is 0 Å². The highest BCUT2D eigenvalue weighted by Gasteiger charge is 2.63. The second kappa shape index (κ2) is 4.80. The Bertz CT molecular complexity index is 489. The zero-order valence-corrected chi connectivity index (χ0v) is 13.9. The molecule has 4 rings (SSSR count). The predicted molar refractivity (Wildman–Crippen MR) is 84.1 cm³/mol. The standard InChI is InChI=1S/C19H30O3/c1-18-8-3-4-14(20)12(18)6-5-11-13(18)10-16(22)19(2)9-7-15(21)17(11)19/h11-13,15-17,21-22H,3-10H2,1-2H3/t11-,12+,13-,15+,16+,17+,18+,19-/m1/s1. The van der Waals surface area contributed by atoms with Crippen LogP contribution in [-0.4, -0.2) is 28.2 Å². The highest BCUT2D eigenvalue weighted by atomic mass is 16.3. The van der Waals surface area contributed by atoms with Crippen molar-refractivity contribution in [3.8, 4) is 0 Å². The topological polar surface area (TPSA) is 57.5 Å². The number of rotatable bonds is 0. The third-order valence-corrected chi connectivity index (χ3v) is 8.33. The molecule has 0 aromatic rings. The van der Waals surface area contributed by atoms with E-state index in [0.29, 0.717) is 17.6 Å². The SMILES string of the molecule is C[C@]12CC[C@H](O)[C@@H]1[C@@H]1CC[C@H]3C(=O)CCC[C@]3(C)[C@@H]1C[C@@H]2O. The van der Waals surface area contributed by atoms with Gasteiger partial charge in [-0.2, -0.15) is 0 Å². The normalized spacial score (nSPS) is 57.9. The molecule has 0 aromatic carbocycles. The van der Waals surface area contributed by atoms with Gasteiger partial charge in [-0.25, -0.2) is 0 Å². The predicted octanol–water partition coefficient (Wildman–Crippen LogP) is 2.93. The van der Waals surface area contributed by atoms with Crippen LogP contribution < -0.4 is 0 Å². The quantitative estimate of drug-likeness (QED) is 0.723. The summed E-state index contributed by atoms with van der Waals surface area (Å²) in [4.78, 5) is 12.4. The Morgan fingerprint density at radius 2 is 1.82 bits per heavy atom. The third kappa shape index (κ3) is 1.78. The fourth-order valence-electron chi connectivity index (χ4n) is 7.13. The number of aliphatic hydroxyl groups is 2. The minimum absolute atomic E-state index is 0.0584. The first-order valence-electron chi connectivity index (χ1n) is 9.27. The van der Waals surface area contributed by atoms with E-state index in [0.717, 1.165) is 51.4 Å². The van der Waals surface area contributed by atoms with Gasteiger partial charge in [-0.05, 0) is 73.5 Å². The van der Waals surface area contributed by atoms with Gasteiger partial charge in [0.25, 0.3) is 0 Å². The lowest BCUT2D eigenvalue weighted by molar-refractivity contribution is -0.173. The summed E-state index contributed by atoms with van der Waals surface area (Å²) in [5.74, 6) is 1.81. The average Bonchev–Trinajstić information content (AvgIpc) is 2.78. The summed E-state index contributed by atoms with van der Waals surface area (Å²) in [5.41, 5.74) is -0.0503. The maximum Gasteiger partial charge on any atom is 0.136 e. The van der Waals surface area contributed by atoms with Crippen molar-refractivity contribution in [1.82, 2.24) is 0 Å². The van der Waals surface area contributed by atoms with Crippen molar-refractivity contribution in [2.45, 2.75) is 77.4 Å². The molecule has 0 amide bonds. The molecular formula is C19H30O3. The van der Waals surface area contributed by atoms with Gasteiger partial charge in [-0.1, -0.05) is 13.8 Å². The van der Waals surface area contributed by atoms with Gasteiger partial charge in [-0.15, -0.1) is 0 Å². The summed E-state index contributed by atoms with van der Waals surface area (Å²) in [5, 5.41) is 21.5. The highest BCUT2D eigenvalue weighted by molar-refractivity contribution is 5.82. The molecule has 0 bridgehead atoms. The van der Waals surface area contributed by atoms with Gasteiger partial charge in [-0.3, -0.25) is 4.79 Å². The van der Waals surface area contributed by atoms with Crippen molar-refractivity contribution in [2.75, 3.05) is 0 Å². The van der Waals surface area contributed by atoms with Crippen LogP contribution in [0.25, 0.3) is 0 Å². The lowest BCUT2D eigenvalue weighted by Gasteiger charge is -2.60. The Morgan fingerprint density at radius 3 is 2.59 bits per heavy atom. The molecule has 0 aliphatic heterocycles. The number of carbonyl (C=O) groups is 1. The molecule has 0 radical (unpaired) electrons. The molecule has 4 fully saturated rings. The molecule has 2 N–H and O–H groups in total. The third-order valence-electron chi connectivity index (χ3n) is 8.33. The van der Waals surface area contributed by atoms with Crippen molar-refractivity contribution in [3.63, 3.8) is 0 Å². The highest BCUT2D eigenvalue weighted by Crippen LogP contribution is 2.65. The van der Waals surface area contributed by atoms with Gasteiger partial charge >= 0.3 is 0 Å². The lowest BCUT2D eigenvalue weighted by atomic mass is 9.44. The van der Waals surface area contributed by atoms with Crippen LogP contribution in [0.3, 0.4) is 0 Å². The molecule has 22 heavy (non-hydrogen) atoms. The van der Waals surface area contributed by atoms with E-state index in [2.05, 4.69) is 13.8 Å². The number of Topliss-reactive ketones (excluding diaryl/α,β-unsaturated/α-hetero) is 1. The summed E-state index contributed by atoms with van der Waals surface area (Å²) in [7, 11) is 0. The van der Waals surface area contributed by atoms with E-state index in [1.807, 2.05) is 0 Å². The summed E-state index contributed by atoms with van der Waals surface area (Å²) in [6, 6.07) is 0. The Morgan fingerprint density at radius 1 is 1.05 bits per heavy atom. The molecule has 4 saturated carbocycles. The van der Waals surface area contributed by atoms with E-state index in [-0.39, 0.29) is 34.9 Å². The molecule has 0 saturated heterocycles. The van der Waals surface area contributed by atoms with Crippen molar-refractivity contribution >= 4 is 5.78 Å². The monoisotopic (exact) mass is 306 g/mol. The zero-order valence-electron chi connectivity index (χ0n) is 13.9. The van der Waals surface area contributed by atoms with Gasteiger partial charge in [0, 0.05) is 12.3 Å². The van der Waals surface area contributed by atoms with Gasteiger partial charge in [0.05, 0.1) is 12.2 Å². The second-order valence-electron chi connectivity index (χ2n) is 9.12. The number of hydrogen-bond acceptors (Lipinski definition) is 3. The number of ketones is 1. The van der Waals surface area contributed by atoms with Gasteiger partial charge < -0.3 is 10.2 Å². The second-order valence-corrected chi connectivity index (χ2v) is 9.12. The first-order valence-corrected chi connectivity index (χ1v) is 9.27. The molecule has 124 valence electrons. The molecule has 0 spiro atoms. The van der Waals surface area contributed by atoms with Crippen LogP contribution in [0.5, 0.6) is 0 Å². The molecule has 0 aromatic heterocycles. The van der Waals surface area contributed by atoms with E-state index in [9.17, 15) is 15.0 Å². The summed E-state index contributed by atoms with van der Waals surface area (Å²) < 4.78 is 0. The van der Waals surface area contributed by atoms with Crippen molar-refractivity contribution in [3.05, 3.63) is 0 Å².